The molecule has 1 aromatic carbocycles. The Bertz CT molecular complexity index is 541. The second-order valence-corrected chi connectivity index (χ2v) is 6.56. The van der Waals surface area contributed by atoms with Gasteiger partial charge in [-0.15, -0.1) is 12.4 Å². The van der Waals surface area contributed by atoms with Crippen LogP contribution in [0.25, 0.3) is 0 Å². The van der Waals surface area contributed by atoms with E-state index in [1.165, 1.54) is 5.56 Å². The highest BCUT2D eigenvalue weighted by Crippen LogP contribution is 2.36. The molecular formula is C16H23ClN2O2. The van der Waals surface area contributed by atoms with E-state index in [1.807, 2.05) is 25.1 Å². The molecule has 0 aromatic heterocycles. The molecule has 0 radical (unpaired) electrons. The molecule has 2 aliphatic heterocycles. The van der Waals surface area contributed by atoms with Crippen molar-refractivity contribution in [2.45, 2.75) is 32.8 Å². The van der Waals surface area contributed by atoms with Crippen LogP contribution in [0.2, 0.25) is 0 Å². The summed E-state index contributed by atoms with van der Waals surface area (Å²) in [4.78, 5) is 12.2. The van der Waals surface area contributed by atoms with Crippen molar-refractivity contribution in [2.75, 3.05) is 18.4 Å². The SMILES string of the molecule is CC(C(=O)Nc1ccc2c(c1)CC(C)(C)O2)C1CNC1.Cl. The summed E-state index contributed by atoms with van der Waals surface area (Å²) < 4.78 is 5.85. The molecule has 2 aliphatic rings. The first-order chi connectivity index (χ1) is 9.44. The van der Waals surface area contributed by atoms with Crippen molar-refractivity contribution in [1.29, 1.82) is 0 Å². The molecule has 1 fully saturated rings. The number of rotatable bonds is 3. The van der Waals surface area contributed by atoms with Gasteiger partial charge >= 0.3 is 0 Å². The predicted octanol–water partition coefficient (Wildman–Crippen LogP) is 2.62. The van der Waals surface area contributed by atoms with E-state index < -0.39 is 0 Å². The van der Waals surface area contributed by atoms with Crippen molar-refractivity contribution in [2.24, 2.45) is 11.8 Å². The van der Waals surface area contributed by atoms with Crippen LogP contribution in [-0.4, -0.2) is 24.6 Å². The molecule has 2 N–H and O–H groups in total. The van der Waals surface area contributed by atoms with Gasteiger partial charge in [-0.3, -0.25) is 4.79 Å². The molecule has 3 rings (SSSR count). The largest absolute Gasteiger partial charge is 0.487 e. The number of hydrogen-bond acceptors (Lipinski definition) is 3. The molecule has 5 heteroatoms. The maximum absolute atomic E-state index is 12.2. The summed E-state index contributed by atoms with van der Waals surface area (Å²) in [6.45, 7) is 8.05. The highest BCUT2D eigenvalue weighted by Gasteiger charge is 2.31. The number of ether oxygens (including phenoxy) is 1. The molecule has 21 heavy (non-hydrogen) atoms. The molecule has 1 aromatic rings. The zero-order valence-corrected chi connectivity index (χ0v) is 13.5. The van der Waals surface area contributed by atoms with Gasteiger partial charge in [0.25, 0.3) is 0 Å². The maximum Gasteiger partial charge on any atom is 0.227 e. The Hall–Kier alpha value is -1.26. The number of carbonyl (C=O) groups is 1. The molecule has 1 unspecified atom stereocenters. The molecule has 1 saturated heterocycles. The highest BCUT2D eigenvalue weighted by atomic mass is 35.5. The van der Waals surface area contributed by atoms with Gasteiger partial charge < -0.3 is 15.4 Å². The van der Waals surface area contributed by atoms with Crippen molar-refractivity contribution in [1.82, 2.24) is 5.32 Å². The van der Waals surface area contributed by atoms with E-state index in [-0.39, 0.29) is 29.8 Å². The smallest absolute Gasteiger partial charge is 0.227 e. The van der Waals surface area contributed by atoms with E-state index in [2.05, 4.69) is 24.5 Å². The van der Waals surface area contributed by atoms with Crippen molar-refractivity contribution in [3.8, 4) is 5.75 Å². The number of hydrogen-bond donors (Lipinski definition) is 2. The third-order valence-electron chi connectivity index (χ3n) is 4.26. The molecule has 4 nitrogen and oxygen atoms in total. The number of anilines is 1. The van der Waals surface area contributed by atoms with Crippen molar-refractivity contribution in [3.05, 3.63) is 23.8 Å². The Labute approximate surface area is 132 Å². The molecule has 0 bridgehead atoms. The molecule has 116 valence electrons. The van der Waals surface area contributed by atoms with Crippen LogP contribution in [0.3, 0.4) is 0 Å². The molecule has 0 spiro atoms. The first-order valence-corrected chi connectivity index (χ1v) is 7.28. The Kier molecular flexibility index (Phi) is 4.49. The van der Waals surface area contributed by atoms with Gasteiger partial charge in [0, 0.05) is 23.6 Å². The molecule has 1 amide bonds. The quantitative estimate of drug-likeness (QED) is 0.902. The van der Waals surface area contributed by atoms with Gasteiger partial charge in [0.1, 0.15) is 11.4 Å². The molecule has 0 aliphatic carbocycles. The zero-order chi connectivity index (χ0) is 14.3. The number of carbonyl (C=O) groups excluding carboxylic acids is 1. The fraction of sp³-hybridized carbons (Fsp3) is 0.562. The number of halogens is 1. The fourth-order valence-corrected chi connectivity index (χ4v) is 2.82. The van der Waals surface area contributed by atoms with Gasteiger partial charge in [-0.25, -0.2) is 0 Å². The fourth-order valence-electron chi connectivity index (χ4n) is 2.82. The summed E-state index contributed by atoms with van der Waals surface area (Å²) in [5.74, 6) is 1.56. The molecule has 1 atom stereocenters. The molecular weight excluding hydrogens is 288 g/mol. The predicted molar refractivity (Wildman–Crippen MR) is 86.3 cm³/mol. The number of benzene rings is 1. The average Bonchev–Trinajstić information content (AvgIpc) is 2.59. The minimum Gasteiger partial charge on any atom is -0.487 e. The van der Waals surface area contributed by atoms with Gasteiger partial charge in [-0.2, -0.15) is 0 Å². The topological polar surface area (TPSA) is 50.4 Å². The van der Waals surface area contributed by atoms with Crippen LogP contribution in [0.5, 0.6) is 5.75 Å². The Morgan fingerprint density at radius 1 is 1.43 bits per heavy atom. The number of nitrogens with one attached hydrogen (secondary N) is 2. The Morgan fingerprint density at radius 2 is 2.14 bits per heavy atom. The third-order valence-corrected chi connectivity index (χ3v) is 4.26. The summed E-state index contributed by atoms with van der Waals surface area (Å²) in [7, 11) is 0. The van der Waals surface area contributed by atoms with Crippen LogP contribution in [0, 0.1) is 11.8 Å². The van der Waals surface area contributed by atoms with E-state index in [4.69, 9.17) is 4.74 Å². The maximum atomic E-state index is 12.2. The monoisotopic (exact) mass is 310 g/mol. The van der Waals surface area contributed by atoms with Gasteiger partial charge in [0.2, 0.25) is 5.91 Å². The van der Waals surface area contributed by atoms with Gasteiger partial charge in [-0.05, 0) is 51.1 Å². The first-order valence-electron chi connectivity index (χ1n) is 7.28. The van der Waals surface area contributed by atoms with Crippen LogP contribution in [0.1, 0.15) is 26.3 Å². The van der Waals surface area contributed by atoms with Gasteiger partial charge in [0.05, 0.1) is 0 Å². The summed E-state index contributed by atoms with van der Waals surface area (Å²) in [5.41, 5.74) is 1.90. The Morgan fingerprint density at radius 3 is 2.76 bits per heavy atom. The van der Waals surface area contributed by atoms with E-state index in [0.29, 0.717) is 5.92 Å². The van der Waals surface area contributed by atoms with Crippen molar-refractivity contribution >= 4 is 24.0 Å². The summed E-state index contributed by atoms with van der Waals surface area (Å²) in [5, 5.41) is 6.23. The van der Waals surface area contributed by atoms with Crippen LogP contribution < -0.4 is 15.4 Å². The lowest BCUT2D eigenvalue weighted by atomic mass is 9.88. The van der Waals surface area contributed by atoms with Crippen LogP contribution in [0.15, 0.2) is 18.2 Å². The number of fused-ring (bicyclic) bond motifs is 1. The third kappa shape index (κ3) is 3.33. The van der Waals surface area contributed by atoms with E-state index in [0.717, 1.165) is 30.9 Å². The second kappa shape index (κ2) is 5.85. The highest BCUT2D eigenvalue weighted by molar-refractivity contribution is 5.92. The summed E-state index contributed by atoms with van der Waals surface area (Å²) >= 11 is 0. The number of amides is 1. The molecule has 2 heterocycles. The second-order valence-electron chi connectivity index (χ2n) is 6.56. The molecule has 0 saturated carbocycles. The minimum absolute atomic E-state index is 0. The summed E-state index contributed by atoms with van der Waals surface area (Å²) in [6.07, 6.45) is 0.883. The van der Waals surface area contributed by atoms with Crippen LogP contribution >= 0.6 is 12.4 Å². The van der Waals surface area contributed by atoms with Gasteiger partial charge in [0.15, 0.2) is 0 Å². The van der Waals surface area contributed by atoms with E-state index >= 15 is 0 Å². The van der Waals surface area contributed by atoms with Crippen molar-refractivity contribution in [3.63, 3.8) is 0 Å². The Balaban J connectivity index is 0.00000161. The van der Waals surface area contributed by atoms with Crippen LogP contribution in [-0.2, 0) is 11.2 Å². The van der Waals surface area contributed by atoms with Gasteiger partial charge in [-0.1, -0.05) is 6.92 Å². The van der Waals surface area contributed by atoms with Crippen molar-refractivity contribution < 1.29 is 9.53 Å². The standard InChI is InChI=1S/C16H22N2O2.ClH/c1-10(12-8-17-9-12)15(19)18-13-4-5-14-11(6-13)7-16(2,3)20-14;/h4-6,10,12,17H,7-9H2,1-3H3,(H,18,19);1H. The van der Waals surface area contributed by atoms with Crippen LogP contribution in [0.4, 0.5) is 5.69 Å². The lowest BCUT2D eigenvalue weighted by Crippen LogP contribution is -2.48. The average molecular weight is 311 g/mol. The zero-order valence-electron chi connectivity index (χ0n) is 12.7. The first kappa shape index (κ1) is 16.1. The summed E-state index contributed by atoms with van der Waals surface area (Å²) in [6, 6.07) is 5.91. The lowest BCUT2D eigenvalue weighted by Gasteiger charge is -2.31. The normalized spacial score (nSPS) is 20.5. The van der Waals surface area contributed by atoms with E-state index in [1.54, 1.807) is 0 Å². The lowest BCUT2D eigenvalue weighted by molar-refractivity contribution is -0.121. The minimum atomic E-state index is -0.143. The van der Waals surface area contributed by atoms with E-state index in [9.17, 15) is 4.79 Å².